The first-order chi connectivity index (χ1) is 9.72. The average molecular weight is 293 g/mol. The summed E-state index contributed by atoms with van der Waals surface area (Å²) in [5, 5.41) is 0.679. The second kappa shape index (κ2) is 7.14. The molecular formula is C15H17ClN2O2. The van der Waals surface area contributed by atoms with Gasteiger partial charge in [0.2, 0.25) is 0 Å². The highest BCUT2D eigenvalue weighted by atomic mass is 35.5. The van der Waals surface area contributed by atoms with Crippen molar-refractivity contribution in [3.8, 4) is 11.5 Å². The SMILES string of the molecule is COc1cccc(C(COc2ccc(Cl)cc2)NN)c1. The third kappa shape index (κ3) is 3.87. The predicted octanol–water partition coefficient (Wildman–Crippen LogP) is 2.93. The van der Waals surface area contributed by atoms with Crippen molar-refractivity contribution in [3.05, 3.63) is 59.1 Å². The second-order valence-corrected chi connectivity index (χ2v) is 4.70. The van der Waals surface area contributed by atoms with E-state index in [0.29, 0.717) is 11.6 Å². The Labute approximate surface area is 123 Å². The van der Waals surface area contributed by atoms with Gasteiger partial charge in [0.05, 0.1) is 13.2 Å². The quantitative estimate of drug-likeness (QED) is 0.635. The molecule has 5 heteroatoms. The Bertz CT molecular complexity index is 546. The van der Waals surface area contributed by atoms with Gasteiger partial charge in [-0.15, -0.1) is 0 Å². The van der Waals surface area contributed by atoms with Crippen LogP contribution in [0.3, 0.4) is 0 Å². The summed E-state index contributed by atoms with van der Waals surface area (Å²) < 4.78 is 10.9. The first kappa shape index (κ1) is 14.7. The third-order valence-electron chi connectivity index (χ3n) is 2.93. The topological polar surface area (TPSA) is 56.5 Å². The lowest BCUT2D eigenvalue weighted by molar-refractivity contribution is 0.267. The molecular weight excluding hydrogens is 276 g/mol. The Balaban J connectivity index is 2.03. The molecule has 0 heterocycles. The molecule has 106 valence electrons. The van der Waals surface area contributed by atoms with Gasteiger partial charge in [-0.1, -0.05) is 23.7 Å². The zero-order valence-electron chi connectivity index (χ0n) is 11.2. The van der Waals surface area contributed by atoms with E-state index in [1.54, 1.807) is 19.2 Å². The van der Waals surface area contributed by atoms with Crippen LogP contribution >= 0.6 is 11.6 Å². The largest absolute Gasteiger partial charge is 0.497 e. The van der Waals surface area contributed by atoms with Crippen molar-refractivity contribution in [1.82, 2.24) is 5.43 Å². The number of rotatable bonds is 6. The fourth-order valence-corrected chi connectivity index (χ4v) is 1.94. The minimum absolute atomic E-state index is 0.124. The molecule has 0 aliphatic heterocycles. The van der Waals surface area contributed by atoms with Gasteiger partial charge in [0.1, 0.15) is 18.1 Å². The van der Waals surface area contributed by atoms with Crippen LogP contribution in [0.5, 0.6) is 11.5 Å². The molecule has 0 fully saturated rings. The molecule has 0 saturated carbocycles. The molecule has 0 aromatic heterocycles. The van der Waals surface area contributed by atoms with Crippen molar-refractivity contribution in [3.63, 3.8) is 0 Å². The van der Waals surface area contributed by atoms with E-state index in [0.717, 1.165) is 17.1 Å². The minimum atomic E-state index is -0.124. The van der Waals surface area contributed by atoms with Crippen LogP contribution in [0.1, 0.15) is 11.6 Å². The van der Waals surface area contributed by atoms with Crippen molar-refractivity contribution in [2.75, 3.05) is 13.7 Å². The van der Waals surface area contributed by atoms with E-state index in [4.69, 9.17) is 26.9 Å². The van der Waals surface area contributed by atoms with Gasteiger partial charge in [-0.2, -0.15) is 0 Å². The lowest BCUT2D eigenvalue weighted by Crippen LogP contribution is -2.32. The maximum absolute atomic E-state index is 5.83. The van der Waals surface area contributed by atoms with E-state index in [9.17, 15) is 0 Å². The molecule has 0 aliphatic rings. The van der Waals surface area contributed by atoms with Gasteiger partial charge in [-0.25, -0.2) is 5.43 Å². The van der Waals surface area contributed by atoms with Crippen LogP contribution in [0.15, 0.2) is 48.5 Å². The maximum atomic E-state index is 5.83. The summed E-state index contributed by atoms with van der Waals surface area (Å²) in [4.78, 5) is 0. The number of methoxy groups -OCH3 is 1. The molecule has 1 unspecified atom stereocenters. The lowest BCUT2D eigenvalue weighted by Gasteiger charge is -2.17. The Morgan fingerprint density at radius 3 is 2.55 bits per heavy atom. The number of hydrogen-bond acceptors (Lipinski definition) is 4. The molecule has 1 atom stereocenters. The van der Waals surface area contributed by atoms with Gasteiger partial charge in [-0.05, 0) is 42.0 Å². The van der Waals surface area contributed by atoms with Gasteiger partial charge in [0, 0.05) is 5.02 Å². The number of nitrogens with two attached hydrogens (primary N) is 1. The molecule has 20 heavy (non-hydrogen) atoms. The fourth-order valence-electron chi connectivity index (χ4n) is 1.81. The third-order valence-corrected chi connectivity index (χ3v) is 3.18. The van der Waals surface area contributed by atoms with E-state index in [-0.39, 0.29) is 6.04 Å². The van der Waals surface area contributed by atoms with Crippen LogP contribution in [0.25, 0.3) is 0 Å². The monoisotopic (exact) mass is 292 g/mol. The highest BCUT2D eigenvalue weighted by Gasteiger charge is 2.11. The first-order valence-corrected chi connectivity index (χ1v) is 6.59. The van der Waals surface area contributed by atoms with Crippen LogP contribution in [0.4, 0.5) is 0 Å². The second-order valence-electron chi connectivity index (χ2n) is 4.26. The van der Waals surface area contributed by atoms with Crippen molar-refractivity contribution in [2.24, 2.45) is 5.84 Å². The molecule has 0 aliphatic carbocycles. The van der Waals surface area contributed by atoms with E-state index < -0.39 is 0 Å². The summed E-state index contributed by atoms with van der Waals surface area (Å²) in [7, 11) is 1.63. The van der Waals surface area contributed by atoms with Crippen LogP contribution in [0, 0.1) is 0 Å². The summed E-state index contributed by atoms with van der Waals surface area (Å²) >= 11 is 5.83. The summed E-state index contributed by atoms with van der Waals surface area (Å²) in [6.45, 7) is 0.408. The zero-order valence-corrected chi connectivity index (χ0v) is 11.9. The fraction of sp³-hybridized carbons (Fsp3) is 0.200. The highest BCUT2D eigenvalue weighted by Crippen LogP contribution is 2.21. The molecule has 0 bridgehead atoms. The van der Waals surface area contributed by atoms with Crippen LogP contribution in [-0.2, 0) is 0 Å². The van der Waals surface area contributed by atoms with Crippen molar-refractivity contribution < 1.29 is 9.47 Å². The number of benzene rings is 2. The van der Waals surface area contributed by atoms with Gasteiger partial charge < -0.3 is 9.47 Å². The zero-order chi connectivity index (χ0) is 14.4. The summed E-state index contributed by atoms with van der Waals surface area (Å²) in [6, 6.07) is 14.8. The number of halogens is 1. The average Bonchev–Trinajstić information content (AvgIpc) is 2.50. The highest BCUT2D eigenvalue weighted by molar-refractivity contribution is 6.30. The molecule has 2 aromatic rings. The van der Waals surface area contributed by atoms with E-state index in [1.807, 2.05) is 36.4 Å². The normalized spacial score (nSPS) is 11.9. The smallest absolute Gasteiger partial charge is 0.119 e. The van der Waals surface area contributed by atoms with E-state index in [1.165, 1.54) is 0 Å². The first-order valence-electron chi connectivity index (χ1n) is 6.21. The number of hydrazine groups is 1. The van der Waals surface area contributed by atoms with Gasteiger partial charge >= 0.3 is 0 Å². The minimum Gasteiger partial charge on any atom is -0.497 e. The maximum Gasteiger partial charge on any atom is 0.119 e. The van der Waals surface area contributed by atoms with Crippen LogP contribution in [0.2, 0.25) is 5.02 Å². The van der Waals surface area contributed by atoms with Gasteiger partial charge in [-0.3, -0.25) is 5.84 Å². The van der Waals surface area contributed by atoms with Gasteiger partial charge in [0.15, 0.2) is 0 Å². The number of ether oxygens (including phenoxy) is 2. The molecule has 0 spiro atoms. The standard InChI is InChI=1S/C15H17ClN2O2/c1-19-14-4-2-3-11(9-14)15(18-17)10-20-13-7-5-12(16)6-8-13/h2-9,15,18H,10,17H2,1H3. The van der Waals surface area contributed by atoms with E-state index >= 15 is 0 Å². The van der Waals surface area contributed by atoms with Crippen LogP contribution < -0.4 is 20.7 Å². The molecule has 2 aromatic carbocycles. The summed E-state index contributed by atoms with van der Waals surface area (Å²) in [5.41, 5.74) is 3.75. The van der Waals surface area contributed by atoms with Crippen molar-refractivity contribution in [2.45, 2.75) is 6.04 Å². The number of nitrogens with one attached hydrogen (secondary N) is 1. The Morgan fingerprint density at radius 2 is 1.90 bits per heavy atom. The summed E-state index contributed by atoms with van der Waals surface area (Å²) in [6.07, 6.45) is 0. The van der Waals surface area contributed by atoms with Gasteiger partial charge in [0.25, 0.3) is 0 Å². The summed E-state index contributed by atoms with van der Waals surface area (Å²) in [5.74, 6) is 7.13. The lowest BCUT2D eigenvalue weighted by atomic mass is 10.1. The number of hydrogen-bond donors (Lipinski definition) is 2. The van der Waals surface area contributed by atoms with Crippen molar-refractivity contribution >= 4 is 11.6 Å². The Kier molecular flexibility index (Phi) is 5.24. The molecule has 2 rings (SSSR count). The predicted molar refractivity (Wildman–Crippen MR) is 80.0 cm³/mol. The van der Waals surface area contributed by atoms with Crippen LogP contribution in [-0.4, -0.2) is 13.7 Å². The molecule has 3 N–H and O–H groups in total. The molecule has 4 nitrogen and oxygen atoms in total. The molecule has 0 saturated heterocycles. The Hall–Kier alpha value is -1.75. The molecule has 0 amide bonds. The van der Waals surface area contributed by atoms with Crippen molar-refractivity contribution in [1.29, 1.82) is 0 Å². The van der Waals surface area contributed by atoms with E-state index in [2.05, 4.69) is 5.43 Å². The molecule has 0 radical (unpaired) electrons. The Morgan fingerprint density at radius 1 is 1.15 bits per heavy atom.